The molecule has 204 valence electrons. The van der Waals surface area contributed by atoms with Crippen LogP contribution in [-0.2, 0) is 28.5 Å². The van der Waals surface area contributed by atoms with Crippen molar-refractivity contribution in [3.63, 3.8) is 0 Å². The molecule has 0 unspecified atom stereocenters. The summed E-state index contributed by atoms with van der Waals surface area (Å²) >= 11 is 0. The highest BCUT2D eigenvalue weighted by Crippen LogP contribution is 2.30. The van der Waals surface area contributed by atoms with E-state index in [1.807, 2.05) is 0 Å². The van der Waals surface area contributed by atoms with E-state index in [4.69, 9.17) is 23.7 Å². The fraction of sp³-hybridized carbons (Fsp3) is 0.950. The second-order valence-electron chi connectivity index (χ2n) is 9.00. The molecule has 9 N–H and O–H groups in total. The maximum atomic E-state index is 11.6. The van der Waals surface area contributed by atoms with Gasteiger partial charge in [0.25, 0.3) is 0 Å². The van der Waals surface area contributed by atoms with Gasteiger partial charge in [0.05, 0.1) is 31.5 Å². The van der Waals surface area contributed by atoms with Gasteiger partial charge in [0, 0.05) is 13.3 Å². The van der Waals surface area contributed by atoms with E-state index >= 15 is 0 Å². The van der Waals surface area contributed by atoms with E-state index < -0.39 is 105 Å². The van der Waals surface area contributed by atoms with Crippen LogP contribution in [0.4, 0.5) is 0 Å². The van der Waals surface area contributed by atoms with Gasteiger partial charge in [-0.2, -0.15) is 0 Å². The molecule has 3 aliphatic rings. The van der Waals surface area contributed by atoms with E-state index in [0.29, 0.717) is 0 Å². The van der Waals surface area contributed by atoms with Gasteiger partial charge in [0.2, 0.25) is 5.91 Å². The lowest BCUT2D eigenvalue weighted by Gasteiger charge is -2.46. The molecular weight excluding hydrogens is 478 g/mol. The molecule has 3 rings (SSSR count). The molecule has 0 saturated carbocycles. The molecule has 15 nitrogen and oxygen atoms in total. The SMILES string of the molecule is CC(=O)N[C@@H]1[C@H](O[C@@H]2[C@H](OC[C@H]3O[C@H](O)[C@H](O)[C@@H](O)[C@@H]3O)O[C@H](C)[C@@H](O)[C@@H]2O)O[C@H](CO)C[C@@H]1O. The Morgan fingerprint density at radius 2 is 1.60 bits per heavy atom. The molecule has 3 heterocycles. The van der Waals surface area contributed by atoms with E-state index in [-0.39, 0.29) is 6.42 Å². The molecule has 14 atom stereocenters. The van der Waals surface area contributed by atoms with Crippen LogP contribution in [0.2, 0.25) is 0 Å². The monoisotopic (exact) mass is 513 g/mol. The summed E-state index contributed by atoms with van der Waals surface area (Å²) in [5.74, 6) is -0.502. The molecule has 0 aromatic rings. The van der Waals surface area contributed by atoms with E-state index in [1.54, 1.807) is 0 Å². The summed E-state index contributed by atoms with van der Waals surface area (Å²) in [5, 5.41) is 82.7. The lowest BCUT2D eigenvalue weighted by molar-refractivity contribution is -0.353. The van der Waals surface area contributed by atoms with E-state index in [0.717, 1.165) is 0 Å². The van der Waals surface area contributed by atoms with Crippen molar-refractivity contribution in [3.05, 3.63) is 0 Å². The average molecular weight is 513 g/mol. The van der Waals surface area contributed by atoms with Gasteiger partial charge in [-0.15, -0.1) is 0 Å². The van der Waals surface area contributed by atoms with Crippen molar-refractivity contribution in [2.24, 2.45) is 0 Å². The normalized spacial score (nSPS) is 49.0. The van der Waals surface area contributed by atoms with Crippen LogP contribution in [0.15, 0.2) is 0 Å². The lowest BCUT2D eigenvalue weighted by Crippen LogP contribution is -2.64. The molecule has 0 spiro atoms. The molecule has 0 aromatic carbocycles. The van der Waals surface area contributed by atoms with Crippen molar-refractivity contribution in [1.29, 1.82) is 0 Å². The minimum absolute atomic E-state index is 0.00196. The first kappa shape index (κ1) is 28.5. The van der Waals surface area contributed by atoms with Gasteiger partial charge < -0.3 is 69.9 Å². The zero-order valence-corrected chi connectivity index (χ0v) is 19.2. The maximum absolute atomic E-state index is 11.6. The summed E-state index contributed by atoms with van der Waals surface area (Å²) < 4.78 is 27.7. The maximum Gasteiger partial charge on any atom is 0.217 e. The number of hydrogen-bond acceptors (Lipinski definition) is 14. The second kappa shape index (κ2) is 12.0. The van der Waals surface area contributed by atoms with Crippen molar-refractivity contribution in [2.45, 2.75) is 106 Å². The summed E-state index contributed by atoms with van der Waals surface area (Å²) in [5.41, 5.74) is 0. The number of carbonyl (C=O) groups excluding carboxylic acids is 1. The quantitative estimate of drug-likeness (QED) is 0.155. The summed E-state index contributed by atoms with van der Waals surface area (Å²) in [6.45, 7) is 1.72. The Labute approximate surface area is 200 Å². The van der Waals surface area contributed by atoms with Gasteiger partial charge in [-0.1, -0.05) is 0 Å². The largest absolute Gasteiger partial charge is 0.394 e. The van der Waals surface area contributed by atoms with Crippen molar-refractivity contribution >= 4 is 5.91 Å². The number of nitrogens with one attached hydrogen (secondary N) is 1. The van der Waals surface area contributed by atoms with E-state index in [1.165, 1.54) is 13.8 Å². The summed E-state index contributed by atoms with van der Waals surface area (Å²) in [7, 11) is 0. The topological polar surface area (TPSA) is 237 Å². The molecular formula is C20H35NO14. The highest BCUT2D eigenvalue weighted by Gasteiger charge is 2.50. The van der Waals surface area contributed by atoms with Crippen LogP contribution in [0.1, 0.15) is 20.3 Å². The molecule has 35 heavy (non-hydrogen) atoms. The predicted octanol–water partition coefficient (Wildman–Crippen LogP) is -5.37. The van der Waals surface area contributed by atoms with Gasteiger partial charge in [-0.3, -0.25) is 4.79 Å². The number of hydrogen-bond donors (Lipinski definition) is 9. The first-order valence-corrected chi connectivity index (χ1v) is 11.3. The second-order valence-corrected chi connectivity index (χ2v) is 9.00. The van der Waals surface area contributed by atoms with Crippen molar-refractivity contribution in [1.82, 2.24) is 5.32 Å². The number of amides is 1. The number of rotatable bonds is 7. The molecule has 3 aliphatic heterocycles. The molecule has 0 radical (unpaired) electrons. The molecule has 15 heteroatoms. The van der Waals surface area contributed by atoms with Gasteiger partial charge in [-0.05, 0) is 6.92 Å². The third-order valence-corrected chi connectivity index (χ3v) is 6.30. The van der Waals surface area contributed by atoms with Crippen LogP contribution in [-0.4, -0.2) is 146 Å². The number of aliphatic hydroxyl groups excluding tert-OH is 8. The highest BCUT2D eigenvalue weighted by atomic mass is 16.8. The Morgan fingerprint density at radius 3 is 2.23 bits per heavy atom. The summed E-state index contributed by atoms with van der Waals surface area (Å²) in [4.78, 5) is 11.6. The molecule has 0 aromatic heterocycles. The van der Waals surface area contributed by atoms with Crippen LogP contribution in [0, 0.1) is 0 Å². The Morgan fingerprint density at radius 1 is 0.914 bits per heavy atom. The smallest absolute Gasteiger partial charge is 0.217 e. The summed E-state index contributed by atoms with van der Waals surface area (Å²) in [6.07, 6.45) is -18.4. The highest BCUT2D eigenvalue weighted by molar-refractivity contribution is 5.73. The predicted molar refractivity (Wildman–Crippen MR) is 110 cm³/mol. The first-order chi connectivity index (χ1) is 16.4. The van der Waals surface area contributed by atoms with Gasteiger partial charge >= 0.3 is 0 Å². The molecule has 3 fully saturated rings. The van der Waals surface area contributed by atoms with Crippen molar-refractivity contribution in [3.8, 4) is 0 Å². The number of aliphatic hydroxyl groups is 8. The first-order valence-electron chi connectivity index (χ1n) is 11.3. The van der Waals surface area contributed by atoms with Crippen LogP contribution in [0.25, 0.3) is 0 Å². The van der Waals surface area contributed by atoms with Crippen LogP contribution in [0.5, 0.6) is 0 Å². The summed E-state index contributed by atoms with van der Waals surface area (Å²) in [6, 6.07) is -1.09. The minimum atomic E-state index is -1.79. The van der Waals surface area contributed by atoms with Crippen LogP contribution in [0.3, 0.4) is 0 Å². The standard InChI is InChI=1S/C20H35NO14/c1-6-12(25)15(28)17(35-19-11(21-7(2)23)9(24)3-8(4-22)33-19)20(32-6)31-5-10-13(26)14(27)16(29)18(30)34-10/h6,8-20,22,24-30H,3-5H2,1-2H3,(H,21,23)/t6-,8+,9+,10-,11+,12-,13-,14+,15+,16-,17+,18+,19+,20-/m1/s1. The molecule has 3 saturated heterocycles. The van der Waals surface area contributed by atoms with E-state index in [9.17, 15) is 45.6 Å². The zero-order valence-electron chi connectivity index (χ0n) is 19.2. The van der Waals surface area contributed by atoms with Gasteiger partial charge in [0.15, 0.2) is 18.9 Å². The van der Waals surface area contributed by atoms with Crippen molar-refractivity contribution < 1.29 is 69.3 Å². The third-order valence-electron chi connectivity index (χ3n) is 6.30. The van der Waals surface area contributed by atoms with Gasteiger partial charge in [-0.25, -0.2) is 0 Å². The van der Waals surface area contributed by atoms with Crippen molar-refractivity contribution in [2.75, 3.05) is 13.2 Å². The Bertz CT molecular complexity index is 701. The molecule has 0 bridgehead atoms. The lowest BCUT2D eigenvalue weighted by atomic mass is 9.97. The minimum Gasteiger partial charge on any atom is -0.394 e. The zero-order chi connectivity index (χ0) is 26.0. The third kappa shape index (κ3) is 6.45. The average Bonchev–Trinajstić information content (AvgIpc) is 2.81. The Balaban J connectivity index is 1.75. The van der Waals surface area contributed by atoms with E-state index in [2.05, 4.69) is 5.32 Å². The number of ether oxygens (including phenoxy) is 5. The Hall–Kier alpha value is -1.05. The molecule has 1 amide bonds. The van der Waals surface area contributed by atoms with Crippen LogP contribution >= 0.6 is 0 Å². The Kier molecular flexibility index (Phi) is 9.78. The number of carbonyl (C=O) groups is 1. The fourth-order valence-corrected chi connectivity index (χ4v) is 4.25. The van der Waals surface area contributed by atoms with Gasteiger partial charge in [0.1, 0.15) is 48.8 Å². The fourth-order valence-electron chi connectivity index (χ4n) is 4.25. The van der Waals surface area contributed by atoms with Crippen LogP contribution < -0.4 is 5.32 Å². The molecule has 0 aliphatic carbocycles.